The summed E-state index contributed by atoms with van der Waals surface area (Å²) in [6, 6.07) is 21.1. The Labute approximate surface area is 204 Å². The van der Waals surface area contributed by atoms with Crippen molar-refractivity contribution in [3.05, 3.63) is 90.0 Å². The number of benzene rings is 3. The van der Waals surface area contributed by atoms with Gasteiger partial charge < -0.3 is 14.8 Å². The smallest absolute Gasteiger partial charge is 0.339 e. The summed E-state index contributed by atoms with van der Waals surface area (Å²) in [4.78, 5) is 26.2. The zero-order chi connectivity index (χ0) is 24.8. The molecule has 3 aromatic rings. The van der Waals surface area contributed by atoms with Crippen molar-refractivity contribution < 1.29 is 27.5 Å². The second-order valence-corrected chi connectivity index (χ2v) is 9.99. The van der Waals surface area contributed by atoms with Gasteiger partial charge in [0.25, 0.3) is 5.91 Å². The highest BCUT2D eigenvalue weighted by Gasteiger charge is 2.29. The molecule has 0 unspecified atom stereocenters. The largest absolute Gasteiger partial charge is 0.497 e. The molecule has 182 valence electrons. The first-order valence-corrected chi connectivity index (χ1v) is 12.6. The zero-order valence-corrected chi connectivity index (χ0v) is 20.0. The van der Waals surface area contributed by atoms with Gasteiger partial charge in [0, 0.05) is 30.4 Å². The molecule has 1 amide bonds. The number of carbonyl (C=O) groups excluding carboxylic acids is 2. The molecule has 1 N–H and O–H groups in total. The number of amides is 1. The molecule has 0 aliphatic carbocycles. The molecule has 8 nitrogen and oxygen atoms in total. The van der Waals surface area contributed by atoms with Gasteiger partial charge in [-0.25, -0.2) is 13.2 Å². The van der Waals surface area contributed by atoms with Crippen molar-refractivity contribution in [3.63, 3.8) is 0 Å². The molecule has 35 heavy (non-hydrogen) atoms. The molecule has 1 aliphatic rings. The molecule has 0 radical (unpaired) electrons. The van der Waals surface area contributed by atoms with Crippen molar-refractivity contribution >= 4 is 27.6 Å². The third-order valence-electron chi connectivity index (χ3n) is 5.68. The Balaban J connectivity index is 1.58. The van der Waals surface area contributed by atoms with E-state index in [1.165, 1.54) is 35.7 Å². The SMILES string of the molecule is COc1cccc(NC(=O)[C@H](OC(=O)c2cccc(S(=O)(=O)N3CCCC3)c2)c2ccccc2)c1. The number of ether oxygens (including phenoxy) is 2. The Kier molecular flexibility index (Phi) is 7.48. The van der Waals surface area contributed by atoms with Crippen LogP contribution in [0.15, 0.2) is 83.8 Å². The maximum Gasteiger partial charge on any atom is 0.339 e. The van der Waals surface area contributed by atoms with Gasteiger partial charge in [-0.15, -0.1) is 0 Å². The van der Waals surface area contributed by atoms with Crippen molar-refractivity contribution in [1.82, 2.24) is 4.31 Å². The fourth-order valence-electron chi connectivity index (χ4n) is 3.85. The van der Waals surface area contributed by atoms with Crippen LogP contribution in [0.25, 0.3) is 0 Å². The number of anilines is 1. The Morgan fingerprint density at radius 1 is 0.914 bits per heavy atom. The van der Waals surface area contributed by atoms with E-state index in [0.717, 1.165) is 12.8 Å². The van der Waals surface area contributed by atoms with Gasteiger partial charge in [0.05, 0.1) is 17.6 Å². The van der Waals surface area contributed by atoms with E-state index in [2.05, 4.69) is 5.32 Å². The summed E-state index contributed by atoms with van der Waals surface area (Å²) in [7, 11) is -2.18. The lowest BCUT2D eigenvalue weighted by Gasteiger charge is -2.19. The van der Waals surface area contributed by atoms with Crippen molar-refractivity contribution in [2.75, 3.05) is 25.5 Å². The van der Waals surface area contributed by atoms with Gasteiger partial charge in [0.2, 0.25) is 16.1 Å². The highest BCUT2D eigenvalue weighted by molar-refractivity contribution is 7.89. The van der Waals surface area contributed by atoms with E-state index in [9.17, 15) is 18.0 Å². The number of rotatable bonds is 8. The Bertz CT molecular complexity index is 1300. The number of carbonyl (C=O) groups is 2. The summed E-state index contributed by atoms with van der Waals surface area (Å²) in [5.41, 5.74) is 0.993. The quantitative estimate of drug-likeness (QED) is 0.475. The average Bonchev–Trinajstić information content (AvgIpc) is 3.44. The summed E-state index contributed by atoms with van der Waals surface area (Å²) in [6.07, 6.45) is 0.360. The van der Waals surface area contributed by atoms with Crippen LogP contribution in [0.5, 0.6) is 5.75 Å². The summed E-state index contributed by atoms with van der Waals surface area (Å²) < 4.78 is 38.0. The molecule has 0 spiro atoms. The molecule has 0 saturated carbocycles. The zero-order valence-electron chi connectivity index (χ0n) is 19.2. The minimum Gasteiger partial charge on any atom is -0.497 e. The molecule has 1 heterocycles. The number of methoxy groups -OCH3 is 1. The molecule has 1 fully saturated rings. The van der Waals surface area contributed by atoms with Gasteiger partial charge in [0.15, 0.2) is 0 Å². The van der Waals surface area contributed by atoms with Crippen LogP contribution in [0.1, 0.15) is 34.9 Å². The van der Waals surface area contributed by atoms with E-state index in [-0.39, 0.29) is 10.5 Å². The number of nitrogens with one attached hydrogen (secondary N) is 1. The third-order valence-corrected chi connectivity index (χ3v) is 7.57. The third kappa shape index (κ3) is 5.70. The molecular weight excluding hydrogens is 468 g/mol. The van der Waals surface area contributed by atoms with E-state index < -0.39 is 28.0 Å². The number of esters is 1. The van der Waals surface area contributed by atoms with E-state index in [0.29, 0.717) is 30.1 Å². The molecule has 1 saturated heterocycles. The van der Waals surface area contributed by atoms with Crippen LogP contribution < -0.4 is 10.1 Å². The Morgan fingerprint density at radius 2 is 1.63 bits per heavy atom. The van der Waals surface area contributed by atoms with Crippen LogP contribution in [-0.2, 0) is 19.6 Å². The molecule has 1 aliphatic heterocycles. The minimum absolute atomic E-state index is 0.0194. The van der Waals surface area contributed by atoms with Crippen molar-refractivity contribution in [3.8, 4) is 5.75 Å². The van der Waals surface area contributed by atoms with E-state index in [1.54, 1.807) is 54.6 Å². The monoisotopic (exact) mass is 494 g/mol. The van der Waals surface area contributed by atoms with Gasteiger partial charge >= 0.3 is 5.97 Å². The highest BCUT2D eigenvalue weighted by Crippen LogP contribution is 2.25. The van der Waals surface area contributed by atoms with E-state index >= 15 is 0 Å². The lowest BCUT2D eigenvalue weighted by Crippen LogP contribution is -2.28. The van der Waals surface area contributed by atoms with Gasteiger partial charge in [-0.1, -0.05) is 42.5 Å². The van der Waals surface area contributed by atoms with Crippen molar-refractivity contribution in [1.29, 1.82) is 0 Å². The second kappa shape index (κ2) is 10.7. The first kappa shape index (κ1) is 24.4. The predicted molar refractivity (Wildman–Crippen MR) is 131 cm³/mol. The first-order chi connectivity index (χ1) is 16.9. The fraction of sp³-hybridized carbons (Fsp3) is 0.231. The van der Waals surface area contributed by atoms with Crippen molar-refractivity contribution in [2.45, 2.75) is 23.8 Å². The number of hydrogen-bond acceptors (Lipinski definition) is 6. The van der Waals surface area contributed by atoms with E-state index in [4.69, 9.17) is 9.47 Å². The average molecular weight is 495 g/mol. The molecule has 3 aromatic carbocycles. The molecule has 9 heteroatoms. The normalized spacial score (nSPS) is 14.8. The van der Waals surface area contributed by atoms with Crippen LogP contribution in [0, 0.1) is 0 Å². The second-order valence-electron chi connectivity index (χ2n) is 8.06. The van der Waals surface area contributed by atoms with Crippen LogP contribution in [0.2, 0.25) is 0 Å². The standard InChI is InChI=1S/C26H26N2O6S/c1-33-22-13-8-12-21(18-22)27-25(29)24(19-9-3-2-4-10-19)34-26(30)20-11-7-14-23(17-20)35(31,32)28-15-5-6-16-28/h2-4,7-14,17-18,24H,5-6,15-16H2,1H3,(H,27,29)/t24-/m1/s1. The molecular formula is C26H26N2O6S. The molecule has 1 atom stereocenters. The lowest BCUT2D eigenvalue weighted by molar-refractivity contribution is -0.125. The Morgan fingerprint density at radius 3 is 2.34 bits per heavy atom. The molecule has 4 rings (SSSR count). The molecule has 0 bridgehead atoms. The van der Waals surface area contributed by atoms with Crippen LogP contribution in [-0.4, -0.2) is 44.8 Å². The number of nitrogens with zero attached hydrogens (tertiary/aromatic N) is 1. The predicted octanol–water partition coefficient (Wildman–Crippen LogP) is 4.02. The number of sulfonamides is 1. The summed E-state index contributed by atoms with van der Waals surface area (Å²) >= 11 is 0. The number of hydrogen-bond donors (Lipinski definition) is 1. The Hall–Kier alpha value is -3.69. The van der Waals surface area contributed by atoms with E-state index in [1.807, 2.05) is 0 Å². The van der Waals surface area contributed by atoms with Crippen LogP contribution in [0.4, 0.5) is 5.69 Å². The maximum absolute atomic E-state index is 13.1. The molecule has 0 aromatic heterocycles. The topological polar surface area (TPSA) is 102 Å². The van der Waals surface area contributed by atoms with Crippen LogP contribution in [0.3, 0.4) is 0 Å². The fourth-order valence-corrected chi connectivity index (χ4v) is 5.41. The van der Waals surface area contributed by atoms with Gasteiger partial charge in [0.1, 0.15) is 5.75 Å². The lowest BCUT2D eigenvalue weighted by atomic mass is 10.1. The van der Waals surface area contributed by atoms with Gasteiger partial charge in [-0.2, -0.15) is 4.31 Å². The summed E-state index contributed by atoms with van der Waals surface area (Å²) in [6.45, 7) is 0.912. The van der Waals surface area contributed by atoms with Gasteiger partial charge in [-0.3, -0.25) is 4.79 Å². The highest BCUT2D eigenvalue weighted by atomic mass is 32.2. The summed E-state index contributed by atoms with van der Waals surface area (Å²) in [5.74, 6) is -0.802. The van der Waals surface area contributed by atoms with Gasteiger partial charge in [-0.05, 0) is 43.2 Å². The summed E-state index contributed by atoms with van der Waals surface area (Å²) in [5, 5.41) is 2.75. The van der Waals surface area contributed by atoms with Crippen LogP contribution >= 0.6 is 0 Å². The first-order valence-electron chi connectivity index (χ1n) is 11.2. The minimum atomic E-state index is -3.70. The van der Waals surface area contributed by atoms with Crippen molar-refractivity contribution in [2.24, 2.45) is 0 Å². The maximum atomic E-state index is 13.1.